The normalized spacial score (nSPS) is 14.6. The molecule has 2 amide bonds. The van der Waals surface area contributed by atoms with Gasteiger partial charge in [0.15, 0.2) is 0 Å². The second kappa shape index (κ2) is 9.31. The number of rotatable bonds is 6. The van der Waals surface area contributed by atoms with Crippen molar-refractivity contribution in [2.45, 2.75) is 44.6 Å². The van der Waals surface area contributed by atoms with Crippen molar-refractivity contribution in [1.29, 1.82) is 0 Å². The molecule has 0 bridgehead atoms. The van der Waals surface area contributed by atoms with Crippen LogP contribution < -0.4 is 10.6 Å². The Hall–Kier alpha value is -2.69. The van der Waals surface area contributed by atoms with Crippen molar-refractivity contribution in [2.75, 3.05) is 6.54 Å². The van der Waals surface area contributed by atoms with Gasteiger partial charge >= 0.3 is 0 Å². The van der Waals surface area contributed by atoms with Gasteiger partial charge in [-0.25, -0.2) is 4.39 Å². The van der Waals surface area contributed by atoms with Crippen LogP contribution in [-0.4, -0.2) is 24.4 Å². The van der Waals surface area contributed by atoms with Crippen molar-refractivity contribution < 1.29 is 14.0 Å². The molecular weight excluding hydrogens is 343 g/mol. The Bertz CT molecular complexity index is 766. The molecule has 27 heavy (non-hydrogen) atoms. The van der Waals surface area contributed by atoms with Gasteiger partial charge in [0.25, 0.3) is 11.8 Å². The lowest BCUT2D eigenvalue weighted by atomic mass is 9.95. The summed E-state index contributed by atoms with van der Waals surface area (Å²) in [6.07, 6.45) is 6.30. The van der Waals surface area contributed by atoms with E-state index in [4.69, 9.17) is 0 Å². The van der Waals surface area contributed by atoms with E-state index in [0.29, 0.717) is 24.1 Å². The van der Waals surface area contributed by atoms with E-state index in [0.717, 1.165) is 18.4 Å². The minimum atomic E-state index is -0.268. The van der Waals surface area contributed by atoms with E-state index in [1.54, 1.807) is 36.4 Å². The molecule has 2 aromatic rings. The second-order valence-corrected chi connectivity index (χ2v) is 7.02. The number of carbonyl (C=O) groups is 2. The maximum atomic E-state index is 12.9. The fourth-order valence-electron chi connectivity index (χ4n) is 3.36. The van der Waals surface area contributed by atoms with E-state index in [9.17, 15) is 14.0 Å². The molecule has 5 heteroatoms. The second-order valence-electron chi connectivity index (χ2n) is 7.02. The molecule has 1 saturated carbocycles. The molecule has 1 aliphatic carbocycles. The SMILES string of the molecule is O=C(NCCc1ccc(F)cc1)c1ccc(C(=O)NC2CCCCC2)cc1. The molecule has 0 spiro atoms. The third kappa shape index (κ3) is 5.64. The number of benzene rings is 2. The van der Waals surface area contributed by atoms with Crippen molar-refractivity contribution in [3.63, 3.8) is 0 Å². The molecule has 3 rings (SSSR count). The van der Waals surface area contributed by atoms with Gasteiger partial charge in [-0.05, 0) is 61.2 Å². The Kier molecular flexibility index (Phi) is 6.58. The Labute approximate surface area is 159 Å². The van der Waals surface area contributed by atoms with Crippen molar-refractivity contribution >= 4 is 11.8 Å². The molecule has 1 aliphatic rings. The average molecular weight is 368 g/mol. The van der Waals surface area contributed by atoms with E-state index in [1.165, 1.54) is 31.4 Å². The average Bonchev–Trinajstić information content (AvgIpc) is 2.70. The van der Waals surface area contributed by atoms with Gasteiger partial charge in [0, 0.05) is 23.7 Å². The van der Waals surface area contributed by atoms with Gasteiger partial charge in [-0.15, -0.1) is 0 Å². The molecule has 0 saturated heterocycles. The number of hydrogen-bond donors (Lipinski definition) is 2. The summed E-state index contributed by atoms with van der Waals surface area (Å²) >= 11 is 0. The fraction of sp³-hybridized carbons (Fsp3) is 0.364. The lowest BCUT2D eigenvalue weighted by Crippen LogP contribution is -2.36. The van der Waals surface area contributed by atoms with Crippen molar-refractivity contribution in [1.82, 2.24) is 10.6 Å². The molecule has 1 fully saturated rings. The molecule has 2 aromatic carbocycles. The summed E-state index contributed by atoms with van der Waals surface area (Å²) in [4.78, 5) is 24.5. The summed E-state index contributed by atoms with van der Waals surface area (Å²) in [5.74, 6) is -0.531. The number of nitrogens with one attached hydrogen (secondary N) is 2. The summed E-state index contributed by atoms with van der Waals surface area (Å²) < 4.78 is 12.9. The highest BCUT2D eigenvalue weighted by atomic mass is 19.1. The highest BCUT2D eigenvalue weighted by Gasteiger charge is 2.16. The van der Waals surface area contributed by atoms with Gasteiger partial charge in [0.1, 0.15) is 5.82 Å². The van der Waals surface area contributed by atoms with E-state index >= 15 is 0 Å². The zero-order chi connectivity index (χ0) is 19.1. The van der Waals surface area contributed by atoms with Crippen LogP contribution in [0.1, 0.15) is 58.4 Å². The third-order valence-corrected chi connectivity index (χ3v) is 4.96. The molecule has 2 N–H and O–H groups in total. The first-order valence-corrected chi connectivity index (χ1v) is 9.55. The van der Waals surface area contributed by atoms with E-state index < -0.39 is 0 Å². The molecule has 0 atom stereocenters. The van der Waals surface area contributed by atoms with Gasteiger partial charge in [-0.1, -0.05) is 31.4 Å². The van der Waals surface area contributed by atoms with Crippen molar-refractivity contribution in [3.8, 4) is 0 Å². The highest BCUT2D eigenvalue weighted by Crippen LogP contribution is 2.18. The lowest BCUT2D eigenvalue weighted by molar-refractivity contribution is 0.0923. The monoisotopic (exact) mass is 368 g/mol. The molecule has 0 unspecified atom stereocenters. The quantitative estimate of drug-likeness (QED) is 0.813. The first-order chi connectivity index (χ1) is 13.1. The Morgan fingerprint density at radius 1 is 0.852 bits per heavy atom. The summed E-state index contributed by atoms with van der Waals surface area (Å²) in [6, 6.07) is 13.2. The van der Waals surface area contributed by atoms with Crippen LogP contribution in [0.15, 0.2) is 48.5 Å². The maximum Gasteiger partial charge on any atom is 0.251 e. The Morgan fingerprint density at radius 2 is 1.44 bits per heavy atom. The molecule has 142 valence electrons. The summed E-state index contributed by atoms with van der Waals surface area (Å²) in [6.45, 7) is 0.467. The van der Waals surface area contributed by atoms with Gasteiger partial charge in [-0.3, -0.25) is 9.59 Å². The minimum absolute atomic E-state index is 0.0785. The predicted octanol–water partition coefficient (Wildman–Crippen LogP) is 3.86. The predicted molar refractivity (Wildman–Crippen MR) is 103 cm³/mol. The van der Waals surface area contributed by atoms with Crippen LogP contribution in [0.25, 0.3) is 0 Å². The van der Waals surface area contributed by atoms with Crippen LogP contribution in [0.2, 0.25) is 0 Å². The van der Waals surface area contributed by atoms with Crippen LogP contribution in [0.5, 0.6) is 0 Å². The zero-order valence-corrected chi connectivity index (χ0v) is 15.3. The Morgan fingerprint density at radius 3 is 2.07 bits per heavy atom. The van der Waals surface area contributed by atoms with Crippen LogP contribution >= 0.6 is 0 Å². The summed E-state index contributed by atoms with van der Waals surface area (Å²) in [7, 11) is 0. The number of halogens is 1. The summed E-state index contributed by atoms with van der Waals surface area (Å²) in [5, 5.41) is 5.92. The lowest BCUT2D eigenvalue weighted by Gasteiger charge is -2.22. The van der Waals surface area contributed by atoms with E-state index in [-0.39, 0.29) is 23.7 Å². The van der Waals surface area contributed by atoms with Gasteiger partial charge in [-0.2, -0.15) is 0 Å². The van der Waals surface area contributed by atoms with E-state index in [1.807, 2.05) is 0 Å². The standard InChI is InChI=1S/C22H25FN2O2/c23-19-12-6-16(7-13-19)14-15-24-21(26)17-8-10-18(11-9-17)22(27)25-20-4-2-1-3-5-20/h6-13,20H,1-5,14-15H2,(H,24,26)(H,25,27). The zero-order valence-electron chi connectivity index (χ0n) is 15.3. The number of carbonyl (C=O) groups excluding carboxylic acids is 2. The highest BCUT2D eigenvalue weighted by molar-refractivity contribution is 5.97. The Balaban J connectivity index is 1.47. The molecule has 0 heterocycles. The molecule has 0 aromatic heterocycles. The first kappa shape index (κ1) is 19.1. The van der Waals surface area contributed by atoms with Gasteiger partial charge < -0.3 is 10.6 Å². The maximum absolute atomic E-state index is 12.9. The molecule has 4 nitrogen and oxygen atoms in total. The van der Waals surface area contributed by atoms with Crippen LogP contribution in [0.3, 0.4) is 0 Å². The number of amides is 2. The smallest absolute Gasteiger partial charge is 0.251 e. The van der Waals surface area contributed by atoms with Crippen LogP contribution in [0.4, 0.5) is 4.39 Å². The fourth-order valence-corrected chi connectivity index (χ4v) is 3.36. The van der Waals surface area contributed by atoms with Crippen LogP contribution in [0, 0.1) is 5.82 Å². The number of hydrogen-bond acceptors (Lipinski definition) is 2. The van der Waals surface area contributed by atoms with Gasteiger partial charge in [0.05, 0.1) is 0 Å². The van der Waals surface area contributed by atoms with E-state index in [2.05, 4.69) is 10.6 Å². The molecular formula is C22H25FN2O2. The topological polar surface area (TPSA) is 58.2 Å². The van der Waals surface area contributed by atoms with Gasteiger partial charge in [0.2, 0.25) is 0 Å². The van der Waals surface area contributed by atoms with Crippen molar-refractivity contribution in [2.24, 2.45) is 0 Å². The molecule has 0 radical (unpaired) electrons. The third-order valence-electron chi connectivity index (χ3n) is 4.96. The van der Waals surface area contributed by atoms with Crippen molar-refractivity contribution in [3.05, 3.63) is 71.0 Å². The molecule has 0 aliphatic heterocycles. The summed E-state index contributed by atoms with van der Waals surface area (Å²) in [5.41, 5.74) is 2.05. The first-order valence-electron chi connectivity index (χ1n) is 9.55. The minimum Gasteiger partial charge on any atom is -0.352 e. The largest absolute Gasteiger partial charge is 0.352 e. The van der Waals surface area contributed by atoms with Crippen LogP contribution in [-0.2, 0) is 6.42 Å².